The second-order valence-electron chi connectivity index (χ2n) is 7.11. The summed E-state index contributed by atoms with van der Waals surface area (Å²) >= 11 is 0. The lowest BCUT2D eigenvalue weighted by atomic mass is 9.98. The number of fused-ring (bicyclic) bond motifs is 1. The van der Waals surface area contributed by atoms with Gasteiger partial charge in [0, 0.05) is 25.1 Å². The number of carbonyl (C=O) groups excluding carboxylic acids is 3. The number of carbonyl (C=O) groups is 3. The molecule has 3 rings (SSSR count). The molecule has 0 aromatic heterocycles. The van der Waals surface area contributed by atoms with Crippen molar-refractivity contribution in [2.24, 2.45) is 0 Å². The van der Waals surface area contributed by atoms with Crippen molar-refractivity contribution >= 4 is 33.8 Å². The Kier molecular flexibility index (Phi) is 6.40. The van der Waals surface area contributed by atoms with Crippen molar-refractivity contribution in [2.45, 2.75) is 38.1 Å². The van der Waals surface area contributed by atoms with Crippen molar-refractivity contribution in [2.75, 3.05) is 6.26 Å². The van der Waals surface area contributed by atoms with Gasteiger partial charge in [-0.3, -0.25) is 19.8 Å². The molecule has 2 heterocycles. The predicted molar refractivity (Wildman–Crippen MR) is 104 cm³/mol. The first kappa shape index (κ1) is 24.1. The molecule has 178 valence electrons. The van der Waals surface area contributed by atoms with Crippen LogP contribution in [0.2, 0.25) is 0 Å². The van der Waals surface area contributed by atoms with Gasteiger partial charge in [0.2, 0.25) is 18.0 Å². The Morgan fingerprint density at radius 1 is 1.30 bits per heavy atom. The van der Waals surface area contributed by atoms with Crippen LogP contribution in [0.5, 0.6) is 0 Å². The third-order valence-electron chi connectivity index (χ3n) is 4.56. The molecule has 33 heavy (non-hydrogen) atoms. The van der Waals surface area contributed by atoms with Crippen LogP contribution in [0.3, 0.4) is 0 Å². The van der Waals surface area contributed by atoms with Crippen LogP contribution < -0.4 is 0 Å². The fraction of sp³-hybridized carbons (Fsp3) is 0.389. The molecule has 0 saturated carbocycles. The van der Waals surface area contributed by atoms with Crippen LogP contribution in [-0.2, 0) is 44.7 Å². The zero-order valence-corrected chi connectivity index (χ0v) is 18.0. The van der Waals surface area contributed by atoms with Gasteiger partial charge in [-0.2, -0.15) is 8.42 Å². The van der Waals surface area contributed by atoms with Gasteiger partial charge in [-0.1, -0.05) is 0 Å². The van der Waals surface area contributed by atoms with Gasteiger partial charge in [-0.25, -0.2) is 13.8 Å². The Bertz CT molecular complexity index is 1130. The van der Waals surface area contributed by atoms with E-state index in [-0.39, 0.29) is 18.7 Å². The van der Waals surface area contributed by atoms with Crippen molar-refractivity contribution in [1.29, 1.82) is 0 Å². The summed E-state index contributed by atoms with van der Waals surface area (Å²) in [5.41, 5.74) is -0.178. The second kappa shape index (κ2) is 8.76. The molecule has 2 aliphatic rings. The number of hydrogen-bond acceptors (Lipinski definition) is 12. The molecular weight excluding hydrogens is 468 g/mol. The highest BCUT2D eigenvalue weighted by Crippen LogP contribution is 2.42. The van der Waals surface area contributed by atoms with Crippen molar-refractivity contribution in [3.8, 4) is 0 Å². The topological polar surface area (TPSA) is 189 Å². The Labute approximate surface area is 186 Å². The van der Waals surface area contributed by atoms with Crippen molar-refractivity contribution in [3.63, 3.8) is 0 Å². The normalized spacial score (nSPS) is 22.5. The van der Waals surface area contributed by atoms with E-state index in [2.05, 4.69) is 4.18 Å². The van der Waals surface area contributed by atoms with E-state index in [0.29, 0.717) is 11.8 Å². The van der Waals surface area contributed by atoms with E-state index in [4.69, 9.17) is 14.2 Å². The lowest BCUT2D eigenvalue weighted by Crippen LogP contribution is -2.60. The highest BCUT2D eigenvalue weighted by molar-refractivity contribution is 7.86. The van der Waals surface area contributed by atoms with Gasteiger partial charge in [0.15, 0.2) is 0 Å². The minimum atomic E-state index is -4.13. The van der Waals surface area contributed by atoms with Crippen LogP contribution in [0.4, 0.5) is 10.5 Å². The molecule has 15 heteroatoms. The molecule has 0 bridgehead atoms. The summed E-state index contributed by atoms with van der Waals surface area (Å²) < 4.78 is 41.9. The van der Waals surface area contributed by atoms with Crippen LogP contribution in [0.1, 0.15) is 18.9 Å². The van der Waals surface area contributed by atoms with E-state index in [1.165, 1.54) is 31.2 Å². The van der Waals surface area contributed by atoms with E-state index in [9.17, 15) is 38.0 Å². The third-order valence-corrected chi connectivity index (χ3v) is 5.13. The molecule has 1 fully saturated rings. The van der Waals surface area contributed by atoms with Gasteiger partial charge in [-0.15, -0.1) is 0 Å². The van der Waals surface area contributed by atoms with Crippen LogP contribution in [0, 0.1) is 10.1 Å². The molecule has 2 aliphatic heterocycles. The summed E-state index contributed by atoms with van der Waals surface area (Å²) in [6.07, 6.45) is -1.53. The van der Waals surface area contributed by atoms with Gasteiger partial charge < -0.3 is 19.3 Å². The Morgan fingerprint density at radius 3 is 2.48 bits per heavy atom. The van der Waals surface area contributed by atoms with Gasteiger partial charge in [0.05, 0.1) is 17.6 Å². The number of aliphatic hydroxyl groups is 1. The first-order valence-corrected chi connectivity index (χ1v) is 11.1. The molecule has 14 nitrogen and oxygen atoms in total. The zero-order chi connectivity index (χ0) is 24.6. The smallest absolute Gasteiger partial charge is 0.429 e. The monoisotopic (exact) mass is 486 g/mol. The maximum Gasteiger partial charge on any atom is 0.511 e. The van der Waals surface area contributed by atoms with Crippen LogP contribution in [0.15, 0.2) is 36.0 Å². The zero-order valence-electron chi connectivity index (χ0n) is 17.2. The first-order chi connectivity index (χ1) is 15.3. The average molecular weight is 486 g/mol. The predicted octanol–water partition coefficient (Wildman–Crippen LogP) is 0.300. The number of benzene rings is 1. The molecule has 3 atom stereocenters. The van der Waals surface area contributed by atoms with E-state index in [0.717, 1.165) is 11.0 Å². The maximum atomic E-state index is 12.4. The average Bonchev–Trinajstić information content (AvgIpc) is 2.91. The summed E-state index contributed by atoms with van der Waals surface area (Å²) in [6, 6.07) is 4.07. The van der Waals surface area contributed by atoms with Crippen molar-refractivity contribution < 1.29 is 51.2 Å². The van der Waals surface area contributed by atoms with Gasteiger partial charge in [0.25, 0.3) is 15.8 Å². The number of non-ortho nitro benzene ring substituents is 1. The van der Waals surface area contributed by atoms with Crippen molar-refractivity contribution in [3.05, 3.63) is 51.7 Å². The van der Waals surface area contributed by atoms with E-state index in [1.807, 2.05) is 0 Å². The number of nitro groups is 1. The lowest BCUT2D eigenvalue weighted by Gasteiger charge is -2.40. The summed E-state index contributed by atoms with van der Waals surface area (Å²) in [4.78, 5) is 46.9. The van der Waals surface area contributed by atoms with E-state index in [1.54, 1.807) is 0 Å². The number of nitrogens with zero attached hydrogens (tertiary/aromatic N) is 2. The highest BCUT2D eigenvalue weighted by atomic mass is 32.2. The Hall–Kier alpha value is -3.56. The second-order valence-corrected chi connectivity index (χ2v) is 8.68. The standard InChI is InChI=1S/C18H18N2O12S/c1-10(31-17(23)29-9-11-3-5-12(6-4-11)20(25)26)30-16(22)13-8-18(24,32-33(2,27)28)14-7-15(21)19(13)14/h3-6,8,10,14,24H,7,9H2,1-2H3/t10?,14-,18?/m0/s1. The first-order valence-electron chi connectivity index (χ1n) is 9.25. The van der Waals surface area contributed by atoms with Crippen LogP contribution in [-0.4, -0.2) is 65.8 Å². The minimum Gasteiger partial charge on any atom is -0.429 e. The molecule has 1 N–H and O–H groups in total. The van der Waals surface area contributed by atoms with Gasteiger partial charge >= 0.3 is 12.1 Å². The molecular formula is C18H18N2O12S. The summed E-state index contributed by atoms with van der Waals surface area (Å²) in [5.74, 6) is -4.20. The Balaban J connectivity index is 1.55. The molecule has 0 spiro atoms. The quantitative estimate of drug-likeness (QED) is 0.132. The lowest BCUT2D eigenvalue weighted by molar-refractivity contribution is -0.384. The van der Waals surface area contributed by atoms with E-state index >= 15 is 0 Å². The summed E-state index contributed by atoms with van der Waals surface area (Å²) in [5, 5.41) is 21.1. The number of rotatable bonds is 8. The maximum absolute atomic E-state index is 12.4. The number of hydrogen-bond donors (Lipinski definition) is 1. The molecule has 0 radical (unpaired) electrons. The largest absolute Gasteiger partial charge is 0.511 e. The molecule has 1 aromatic carbocycles. The molecule has 1 aromatic rings. The fourth-order valence-electron chi connectivity index (χ4n) is 3.15. The highest BCUT2D eigenvalue weighted by Gasteiger charge is 2.59. The van der Waals surface area contributed by atoms with E-state index < -0.39 is 56.9 Å². The third kappa shape index (κ3) is 5.44. The molecule has 0 aliphatic carbocycles. The SMILES string of the molecule is CC(OC(=O)OCc1ccc([N+](=O)[O-])cc1)OC(=O)C1=CC(O)(OS(C)(=O)=O)[C@@H]2CC(=O)N12. The number of esters is 1. The van der Waals surface area contributed by atoms with Gasteiger partial charge in [0.1, 0.15) is 18.3 Å². The number of amides is 1. The van der Waals surface area contributed by atoms with Gasteiger partial charge in [-0.05, 0) is 17.7 Å². The fourth-order valence-corrected chi connectivity index (χ4v) is 3.80. The van der Waals surface area contributed by atoms with Crippen LogP contribution in [0.25, 0.3) is 0 Å². The number of nitro benzene ring substituents is 1. The number of β-lactam (4-membered cyclic amide) rings is 1. The summed E-state index contributed by atoms with van der Waals surface area (Å²) in [6.45, 7) is 0.900. The minimum absolute atomic E-state index is 0.139. The number of ether oxygens (including phenoxy) is 3. The summed E-state index contributed by atoms with van der Waals surface area (Å²) in [7, 11) is -4.13. The Morgan fingerprint density at radius 2 is 1.94 bits per heavy atom. The molecule has 1 saturated heterocycles. The van der Waals surface area contributed by atoms with Crippen molar-refractivity contribution in [1.82, 2.24) is 4.90 Å². The van der Waals surface area contributed by atoms with Crippen LogP contribution >= 0.6 is 0 Å². The molecule has 2 unspecified atom stereocenters. The molecule has 1 amide bonds.